The maximum atomic E-state index is 12.7. The van der Waals surface area contributed by atoms with Gasteiger partial charge >= 0.3 is 6.09 Å². The topological polar surface area (TPSA) is 88.4 Å². The Morgan fingerprint density at radius 3 is 2.33 bits per heavy atom. The molecule has 0 radical (unpaired) electrons. The molecule has 2 aromatic heterocycles. The normalized spacial score (nSPS) is 13.4. The van der Waals surface area contributed by atoms with E-state index in [0.717, 1.165) is 16.8 Å². The second-order valence-corrected chi connectivity index (χ2v) is 9.91. The number of carbonyl (C=O) groups is 1. The molecule has 1 aliphatic rings. The number of carbonyl (C=O) groups excluding carboxylic acids is 1. The molecule has 202 valence electrons. The molecule has 9 nitrogen and oxygen atoms in total. The molecule has 0 spiro atoms. The average Bonchev–Trinajstić information content (AvgIpc) is 3.40. The van der Waals surface area contributed by atoms with E-state index in [0.29, 0.717) is 67.3 Å². The molecule has 1 saturated heterocycles. The quantitative estimate of drug-likeness (QED) is 0.286. The lowest BCUT2D eigenvalue weighted by Gasteiger charge is -2.34. The summed E-state index contributed by atoms with van der Waals surface area (Å²) in [7, 11) is 0. The van der Waals surface area contributed by atoms with E-state index in [1.54, 1.807) is 23.4 Å². The number of fused-ring (bicyclic) bond motifs is 1. The molecule has 3 aromatic carbocycles. The van der Waals surface area contributed by atoms with Crippen LogP contribution in [0.3, 0.4) is 0 Å². The lowest BCUT2D eigenvalue weighted by atomic mass is 10.2. The molecule has 0 bridgehead atoms. The molecule has 6 rings (SSSR count). The van der Waals surface area contributed by atoms with E-state index in [1.807, 2.05) is 65.2 Å². The van der Waals surface area contributed by atoms with Crippen molar-refractivity contribution in [1.82, 2.24) is 24.4 Å². The van der Waals surface area contributed by atoms with Crippen LogP contribution in [0.25, 0.3) is 11.2 Å². The number of halogens is 1. The van der Waals surface area contributed by atoms with Crippen molar-refractivity contribution in [3.63, 3.8) is 0 Å². The van der Waals surface area contributed by atoms with Crippen molar-refractivity contribution in [2.75, 3.05) is 36.4 Å². The summed E-state index contributed by atoms with van der Waals surface area (Å²) in [6.07, 6.45) is 1.44. The third-order valence-corrected chi connectivity index (χ3v) is 7.19. The van der Waals surface area contributed by atoms with Crippen molar-refractivity contribution in [2.24, 2.45) is 0 Å². The van der Waals surface area contributed by atoms with E-state index in [2.05, 4.69) is 27.3 Å². The van der Waals surface area contributed by atoms with Gasteiger partial charge < -0.3 is 24.4 Å². The Kier molecular flexibility index (Phi) is 7.45. The second-order valence-electron chi connectivity index (χ2n) is 9.50. The molecule has 1 N–H and O–H groups in total. The largest absolute Gasteiger partial charge is 0.415 e. The zero-order chi connectivity index (χ0) is 27.3. The zero-order valence-corrected chi connectivity index (χ0v) is 22.5. The van der Waals surface area contributed by atoms with Crippen LogP contribution in [0.15, 0.2) is 91.3 Å². The number of ether oxygens (including phenoxy) is 1. The number of rotatable bonds is 7. The van der Waals surface area contributed by atoms with Crippen LogP contribution < -0.4 is 15.0 Å². The summed E-state index contributed by atoms with van der Waals surface area (Å²) in [5.74, 6) is 1.75. The van der Waals surface area contributed by atoms with E-state index in [1.165, 1.54) is 0 Å². The Balaban J connectivity index is 1.24. The third kappa shape index (κ3) is 5.69. The number of benzene rings is 3. The highest BCUT2D eigenvalue weighted by Gasteiger charge is 2.25. The summed E-state index contributed by atoms with van der Waals surface area (Å²) in [5, 5.41) is 4.12. The maximum Gasteiger partial charge on any atom is 0.415 e. The summed E-state index contributed by atoms with van der Waals surface area (Å²) >= 11 is 6.40. The number of hydrogen-bond acceptors (Lipinski definition) is 7. The molecule has 0 saturated carbocycles. The number of piperazine rings is 1. The minimum Gasteiger partial charge on any atom is -0.410 e. The fraction of sp³-hybridized carbons (Fsp3) is 0.200. The molecule has 1 amide bonds. The first-order chi connectivity index (χ1) is 19.6. The summed E-state index contributed by atoms with van der Waals surface area (Å²) in [6.45, 7) is 3.28. The van der Waals surface area contributed by atoms with Gasteiger partial charge in [-0.1, -0.05) is 78.3 Å². The summed E-state index contributed by atoms with van der Waals surface area (Å²) in [6, 6.07) is 27.0. The number of aromatic nitrogens is 4. The van der Waals surface area contributed by atoms with Gasteiger partial charge in [0.2, 0.25) is 5.95 Å². The number of nitrogens with zero attached hydrogens (tertiary/aromatic N) is 6. The summed E-state index contributed by atoms with van der Waals surface area (Å²) in [5.41, 5.74) is 3.54. The standard InChI is InChI=1S/C30H28ClN7O2/c31-25-14-8-7-11-23(25)19-32-27-26-28(38(21-33-26)20-22-9-3-1-4-10-22)35-29(34-27)36-15-17-37(18-16-36)30(39)40-24-12-5-2-6-13-24/h1-14,21H,15-20H2,(H,32,34,35). The van der Waals surface area contributed by atoms with Crippen LogP contribution >= 0.6 is 11.6 Å². The smallest absolute Gasteiger partial charge is 0.410 e. The summed E-state index contributed by atoms with van der Waals surface area (Å²) < 4.78 is 7.55. The summed E-state index contributed by atoms with van der Waals surface area (Å²) in [4.78, 5) is 31.0. The Bertz CT molecular complexity index is 1600. The van der Waals surface area contributed by atoms with Gasteiger partial charge in [0, 0.05) is 37.7 Å². The van der Waals surface area contributed by atoms with Gasteiger partial charge in [0.25, 0.3) is 0 Å². The molecule has 0 atom stereocenters. The van der Waals surface area contributed by atoms with E-state index >= 15 is 0 Å². The van der Waals surface area contributed by atoms with Gasteiger partial charge in [0.1, 0.15) is 5.75 Å². The number of hydrogen-bond donors (Lipinski definition) is 1. The van der Waals surface area contributed by atoms with Gasteiger partial charge in [-0.2, -0.15) is 9.97 Å². The first-order valence-electron chi connectivity index (χ1n) is 13.1. The monoisotopic (exact) mass is 553 g/mol. The fourth-order valence-corrected chi connectivity index (χ4v) is 4.86. The predicted octanol–water partition coefficient (Wildman–Crippen LogP) is 5.46. The Morgan fingerprint density at radius 1 is 0.875 bits per heavy atom. The highest BCUT2D eigenvalue weighted by atomic mass is 35.5. The van der Waals surface area contributed by atoms with Gasteiger partial charge in [-0.25, -0.2) is 9.78 Å². The number of para-hydroxylation sites is 1. The minimum atomic E-state index is -0.356. The first-order valence-corrected chi connectivity index (χ1v) is 13.5. The Morgan fingerprint density at radius 2 is 1.57 bits per heavy atom. The van der Waals surface area contributed by atoms with Gasteiger partial charge in [0.15, 0.2) is 17.0 Å². The van der Waals surface area contributed by atoms with Crippen LogP contribution in [0.2, 0.25) is 5.02 Å². The third-order valence-electron chi connectivity index (χ3n) is 6.82. The first kappa shape index (κ1) is 25.6. The van der Waals surface area contributed by atoms with Crippen LogP contribution in [0, 0.1) is 0 Å². The molecule has 0 unspecified atom stereocenters. The van der Waals surface area contributed by atoms with Crippen LogP contribution in [0.4, 0.5) is 16.6 Å². The molecule has 5 aromatic rings. The fourth-order valence-electron chi connectivity index (χ4n) is 4.66. The Labute approximate surface area is 237 Å². The minimum absolute atomic E-state index is 0.356. The highest BCUT2D eigenvalue weighted by Crippen LogP contribution is 2.26. The highest BCUT2D eigenvalue weighted by molar-refractivity contribution is 6.31. The van der Waals surface area contributed by atoms with Crippen molar-refractivity contribution in [3.05, 3.63) is 107 Å². The van der Waals surface area contributed by atoms with Crippen molar-refractivity contribution < 1.29 is 9.53 Å². The van der Waals surface area contributed by atoms with Crippen molar-refractivity contribution in [2.45, 2.75) is 13.1 Å². The van der Waals surface area contributed by atoms with Crippen LogP contribution in [0.5, 0.6) is 5.75 Å². The molecule has 40 heavy (non-hydrogen) atoms. The molecular weight excluding hydrogens is 526 g/mol. The molecule has 1 fully saturated rings. The lowest BCUT2D eigenvalue weighted by molar-refractivity contribution is 0.149. The number of amides is 1. The van der Waals surface area contributed by atoms with E-state index < -0.39 is 0 Å². The molecule has 3 heterocycles. The van der Waals surface area contributed by atoms with Crippen molar-refractivity contribution in [1.29, 1.82) is 0 Å². The molecule has 1 aliphatic heterocycles. The van der Waals surface area contributed by atoms with E-state index in [9.17, 15) is 4.79 Å². The Hall–Kier alpha value is -4.63. The van der Waals surface area contributed by atoms with E-state index in [4.69, 9.17) is 26.3 Å². The molecule has 0 aliphatic carbocycles. The van der Waals surface area contributed by atoms with Crippen LogP contribution in [-0.2, 0) is 13.1 Å². The maximum absolute atomic E-state index is 12.7. The zero-order valence-electron chi connectivity index (χ0n) is 21.8. The number of imidazole rings is 1. The van der Waals surface area contributed by atoms with Gasteiger partial charge in [-0.15, -0.1) is 0 Å². The van der Waals surface area contributed by atoms with Gasteiger partial charge in [-0.05, 0) is 29.3 Å². The molecular formula is C30H28ClN7O2. The van der Waals surface area contributed by atoms with E-state index in [-0.39, 0.29) is 6.09 Å². The second kappa shape index (κ2) is 11.6. The molecule has 10 heteroatoms. The van der Waals surface area contributed by atoms with Crippen LogP contribution in [-0.4, -0.2) is 56.7 Å². The number of nitrogens with one attached hydrogen (secondary N) is 1. The van der Waals surface area contributed by atoms with Crippen molar-refractivity contribution in [3.8, 4) is 5.75 Å². The average molecular weight is 554 g/mol. The van der Waals surface area contributed by atoms with Gasteiger partial charge in [-0.3, -0.25) is 0 Å². The predicted molar refractivity (Wildman–Crippen MR) is 156 cm³/mol. The van der Waals surface area contributed by atoms with Gasteiger partial charge in [0.05, 0.1) is 12.9 Å². The number of anilines is 2. The van der Waals surface area contributed by atoms with Crippen molar-refractivity contribution >= 4 is 40.6 Å². The van der Waals surface area contributed by atoms with Crippen LogP contribution in [0.1, 0.15) is 11.1 Å². The SMILES string of the molecule is O=C(Oc1ccccc1)N1CCN(c2nc(NCc3ccccc3Cl)c3ncn(Cc4ccccc4)c3n2)CC1. The lowest BCUT2D eigenvalue weighted by Crippen LogP contribution is -2.50.